The summed E-state index contributed by atoms with van der Waals surface area (Å²) in [7, 11) is 0. The third-order valence-corrected chi connectivity index (χ3v) is 7.07. The Labute approximate surface area is 235 Å². The van der Waals surface area contributed by atoms with Crippen molar-refractivity contribution in [3.05, 3.63) is 154 Å². The monoisotopic (exact) mass is 540 g/mol. The van der Waals surface area contributed by atoms with Gasteiger partial charge in [0.1, 0.15) is 34.8 Å². The van der Waals surface area contributed by atoms with Gasteiger partial charge in [-0.05, 0) is 23.8 Å². The van der Waals surface area contributed by atoms with E-state index in [0.717, 1.165) is 16.7 Å². The lowest BCUT2D eigenvalue weighted by atomic mass is 9.97. The summed E-state index contributed by atoms with van der Waals surface area (Å²) in [6.07, 6.45) is 0. The topological polar surface area (TPSA) is 78.1 Å². The number of hydrogen-bond acceptors (Lipinski definition) is 6. The highest BCUT2D eigenvalue weighted by molar-refractivity contribution is 5.86. The minimum atomic E-state index is -1.16. The highest BCUT2D eigenvalue weighted by Crippen LogP contribution is 2.49. The third kappa shape index (κ3) is 4.45. The summed E-state index contributed by atoms with van der Waals surface area (Å²) < 4.78 is 25.1. The van der Waals surface area contributed by atoms with Crippen LogP contribution in [0.15, 0.2) is 137 Å². The minimum Gasteiger partial charge on any atom is -0.507 e. The molecule has 0 aliphatic carbocycles. The lowest BCUT2D eigenvalue weighted by Gasteiger charge is -2.28. The highest BCUT2D eigenvalue weighted by atomic mass is 16.7. The molecule has 5 aromatic carbocycles. The Morgan fingerprint density at radius 3 is 2.00 bits per heavy atom. The molecule has 1 N–H and O–H groups in total. The average Bonchev–Trinajstić information content (AvgIpc) is 3.41. The van der Waals surface area contributed by atoms with Crippen molar-refractivity contribution in [2.24, 2.45) is 0 Å². The molecule has 0 bridgehead atoms. The maximum Gasteiger partial charge on any atom is 0.305 e. The van der Waals surface area contributed by atoms with Crippen LogP contribution in [-0.2, 0) is 12.4 Å². The molecule has 0 unspecified atom stereocenters. The van der Waals surface area contributed by atoms with Gasteiger partial charge in [-0.1, -0.05) is 91.0 Å². The van der Waals surface area contributed by atoms with Crippen LogP contribution in [-0.4, -0.2) is 5.11 Å². The number of phenolic OH excluding ortho intramolecular Hbond substituents is 1. The number of fused-ring (bicyclic) bond motifs is 2. The van der Waals surface area contributed by atoms with Gasteiger partial charge in [-0.15, -0.1) is 0 Å². The van der Waals surface area contributed by atoms with E-state index < -0.39 is 5.79 Å². The van der Waals surface area contributed by atoms with Crippen LogP contribution in [0.1, 0.15) is 16.7 Å². The molecule has 200 valence electrons. The van der Waals surface area contributed by atoms with E-state index in [1.54, 1.807) is 18.2 Å². The molecule has 0 amide bonds. The van der Waals surface area contributed by atoms with Crippen LogP contribution in [0, 0.1) is 0 Å². The summed E-state index contributed by atoms with van der Waals surface area (Å²) in [6, 6.07) is 39.0. The molecule has 1 aromatic heterocycles. The van der Waals surface area contributed by atoms with Crippen LogP contribution in [0.3, 0.4) is 0 Å². The number of benzene rings is 5. The first kappa shape index (κ1) is 24.5. The van der Waals surface area contributed by atoms with Crippen molar-refractivity contribution in [1.29, 1.82) is 0 Å². The van der Waals surface area contributed by atoms with Gasteiger partial charge in [0.05, 0.1) is 0 Å². The van der Waals surface area contributed by atoms with E-state index in [4.69, 9.17) is 18.6 Å². The Morgan fingerprint density at radius 1 is 0.683 bits per heavy atom. The van der Waals surface area contributed by atoms with Gasteiger partial charge in [0.25, 0.3) is 0 Å². The zero-order valence-electron chi connectivity index (χ0n) is 21.8. The lowest BCUT2D eigenvalue weighted by Crippen LogP contribution is -2.36. The second-order valence-electron chi connectivity index (χ2n) is 9.78. The van der Waals surface area contributed by atoms with Gasteiger partial charge in [0.2, 0.25) is 0 Å². The molecule has 7 rings (SSSR count). The van der Waals surface area contributed by atoms with Crippen LogP contribution in [0.25, 0.3) is 22.3 Å². The predicted molar refractivity (Wildman–Crippen MR) is 155 cm³/mol. The van der Waals surface area contributed by atoms with E-state index in [-0.39, 0.29) is 22.1 Å². The molecule has 1 aliphatic heterocycles. The van der Waals surface area contributed by atoms with Crippen molar-refractivity contribution in [1.82, 2.24) is 0 Å². The Kier molecular flexibility index (Phi) is 5.94. The molecule has 0 saturated heterocycles. The molecular formula is C35H24O6. The summed E-state index contributed by atoms with van der Waals surface area (Å²) in [5.41, 5.74) is 3.15. The summed E-state index contributed by atoms with van der Waals surface area (Å²) in [5.74, 6) is 0.433. The van der Waals surface area contributed by atoms with Crippen LogP contribution in [0.5, 0.6) is 23.0 Å². The van der Waals surface area contributed by atoms with Crippen LogP contribution >= 0.6 is 0 Å². The molecule has 0 fully saturated rings. The fourth-order valence-corrected chi connectivity index (χ4v) is 5.08. The van der Waals surface area contributed by atoms with Crippen molar-refractivity contribution in [3.8, 4) is 34.3 Å². The van der Waals surface area contributed by atoms with E-state index in [1.165, 1.54) is 12.1 Å². The van der Waals surface area contributed by atoms with Crippen LogP contribution in [0.2, 0.25) is 0 Å². The van der Waals surface area contributed by atoms with Crippen molar-refractivity contribution in [3.63, 3.8) is 0 Å². The van der Waals surface area contributed by atoms with E-state index in [1.807, 2.05) is 97.1 Å². The zero-order chi connectivity index (χ0) is 27.8. The molecule has 0 spiro atoms. The van der Waals surface area contributed by atoms with Crippen molar-refractivity contribution in [2.75, 3.05) is 0 Å². The molecule has 41 heavy (non-hydrogen) atoms. The molecular weight excluding hydrogens is 516 g/mol. The van der Waals surface area contributed by atoms with Crippen molar-refractivity contribution >= 4 is 11.0 Å². The fraction of sp³-hybridized carbons (Fsp3) is 0.0571. The highest BCUT2D eigenvalue weighted by Gasteiger charge is 2.45. The molecule has 1 aliphatic rings. The minimum absolute atomic E-state index is 0.0914. The van der Waals surface area contributed by atoms with Crippen LogP contribution < -0.4 is 19.6 Å². The fourth-order valence-electron chi connectivity index (χ4n) is 5.08. The van der Waals surface area contributed by atoms with Gasteiger partial charge < -0.3 is 23.7 Å². The van der Waals surface area contributed by atoms with E-state index >= 15 is 0 Å². The van der Waals surface area contributed by atoms with Gasteiger partial charge in [-0.2, -0.15) is 0 Å². The summed E-state index contributed by atoms with van der Waals surface area (Å²) in [4.78, 5) is 13.1. The van der Waals surface area contributed by atoms with Gasteiger partial charge in [-0.3, -0.25) is 4.79 Å². The Bertz CT molecular complexity index is 1870. The molecule has 6 nitrogen and oxygen atoms in total. The predicted octanol–water partition coefficient (Wildman–Crippen LogP) is 7.42. The van der Waals surface area contributed by atoms with E-state index in [9.17, 15) is 9.90 Å². The zero-order valence-corrected chi connectivity index (χ0v) is 21.8. The first-order valence-corrected chi connectivity index (χ1v) is 13.2. The number of aromatic hydroxyl groups is 1. The quantitative estimate of drug-likeness (QED) is 0.237. The van der Waals surface area contributed by atoms with E-state index in [0.29, 0.717) is 35.2 Å². The van der Waals surface area contributed by atoms with E-state index in [2.05, 4.69) is 0 Å². The molecule has 0 atom stereocenters. The SMILES string of the molecule is O=c1cc(-c2ccc3c(c2)OC(c2ccccc2)(c2ccccc2)O3)oc2cc(OCc3ccccc3)cc(O)c12. The van der Waals surface area contributed by atoms with Gasteiger partial charge in [0, 0.05) is 34.9 Å². The summed E-state index contributed by atoms with van der Waals surface area (Å²) in [6.45, 7) is 0.308. The average molecular weight is 541 g/mol. The third-order valence-electron chi connectivity index (χ3n) is 7.07. The van der Waals surface area contributed by atoms with Crippen molar-refractivity contribution < 1.29 is 23.7 Å². The number of rotatable bonds is 6. The molecule has 6 aromatic rings. The molecule has 0 saturated carbocycles. The molecule has 2 heterocycles. The standard InChI is InChI=1S/C35H24O6/c36-28-19-27(38-22-23-10-4-1-5-11-23)20-33-34(28)29(37)21-31(39-33)24-16-17-30-32(18-24)41-35(40-30,25-12-6-2-7-13-25)26-14-8-3-9-15-26/h1-21,36H,22H2. The Morgan fingerprint density at radius 2 is 1.32 bits per heavy atom. The number of phenols is 1. The number of hydrogen-bond donors (Lipinski definition) is 1. The van der Waals surface area contributed by atoms with Crippen molar-refractivity contribution in [2.45, 2.75) is 12.4 Å². The molecule has 0 radical (unpaired) electrons. The summed E-state index contributed by atoms with van der Waals surface area (Å²) >= 11 is 0. The second kappa shape index (κ2) is 9.92. The normalized spacial score (nSPS) is 13.3. The summed E-state index contributed by atoms with van der Waals surface area (Å²) in [5, 5.41) is 10.7. The second-order valence-corrected chi connectivity index (χ2v) is 9.78. The first-order valence-electron chi connectivity index (χ1n) is 13.2. The maximum atomic E-state index is 13.1. The van der Waals surface area contributed by atoms with Crippen LogP contribution in [0.4, 0.5) is 0 Å². The first-order chi connectivity index (χ1) is 20.1. The largest absolute Gasteiger partial charge is 0.507 e. The lowest BCUT2D eigenvalue weighted by molar-refractivity contribution is -0.0459. The van der Waals surface area contributed by atoms with Gasteiger partial charge >= 0.3 is 5.79 Å². The van der Waals surface area contributed by atoms with Gasteiger partial charge in [-0.25, -0.2) is 0 Å². The Balaban J connectivity index is 1.25. The smallest absolute Gasteiger partial charge is 0.305 e. The van der Waals surface area contributed by atoms with Gasteiger partial charge in [0.15, 0.2) is 16.9 Å². The molecule has 6 heteroatoms. The maximum absolute atomic E-state index is 13.1. The number of ether oxygens (including phenoxy) is 3. The Hall–Kier alpha value is -5.49.